The van der Waals surface area contributed by atoms with Gasteiger partial charge in [-0.05, 0) is 93.1 Å². The first kappa shape index (κ1) is 34.8. The molecule has 0 spiro atoms. The fourth-order valence-corrected chi connectivity index (χ4v) is 11.7. The number of fused-ring (bicyclic) bond motifs is 5. The third kappa shape index (κ3) is 6.21. The molecule has 8 rings (SSSR count). The van der Waals surface area contributed by atoms with Crippen molar-refractivity contribution in [2.45, 2.75) is 72.1 Å². The Labute approximate surface area is 303 Å². The fourth-order valence-electron chi connectivity index (χ4n) is 11.1. The van der Waals surface area contributed by atoms with E-state index in [1.807, 2.05) is 6.92 Å². The third-order valence-corrected chi connectivity index (χ3v) is 14.1. The van der Waals surface area contributed by atoms with E-state index in [9.17, 15) is 18.0 Å². The van der Waals surface area contributed by atoms with Crippen molar-refractivity contribution >= 4 is 39.3 Å². The van der Waals surface area contributed by atoms with E-state index >= 15 is 0 Å². The van der Waals surface area contributed by atoms with E-state index < -0.39 is 15.5 Å². The first-order valence-electron chi connectivity index (χ1n) is 19.3. The van der Waals surface area contributed by atoms with Gasteiger partial charge < -0.3 is 18.9 Å². The summed E-state index contributed by atoms with van der Waals surface area (Å²) in [5.74, 6) is 3.99. The molecule has 1 aromatic rings. The Bertz CT molecular complexity index is 1750. The largest absolute Gasteiger partial charge is 0.386 e. The van der Waals surface area contributed by atoms with Gasteiger partial charge >= 0.3 is 10.1 Å². The molecule has 7 aliphatic rings. The van der Waals surface area contributed by atoms with Gasteiger partial charge in [-0.3, -0.25) is 14.5 Å². The minimum absolute atomic E-state index is 0.0359. The van der Waals surface area contributed by atoms with Crippen molar-refractivity contribution < 1.29 is 22.2 Å². The van der Waals surface area contributed by atoms with E-state index in [-0.39, 0.29) is 34.7 Å². The standard InChI is InChI=1S/C39H54N6O5S/c1-26-21-31-29-10-9-27-22-28(46)23-33(50-51(4,48)49)39(27,3)30(29)11-12-38(31,2)36(26)32(47)25-42-17-19-44(20-18-42)35-24-34(43-13-5-6-14-43)40-37(41-35)45-15-7-8-16-45/h11,22-24,26,29,31,36H,5-10,12-21,25H2,1-4H3/t26-,29-,31+,36-,38+,39+/m1/s1. The number of anilines is 3. The van der Waals surface area contributed by atoms with E-state index in [0.717, 1.165) is 107 Å². The smallest absolute Gasteiger partial charge is 0.305 e. The molecule has 5 fully saturated rings. The molecular weight excluding hydrogens is 665 g/mol. The summed E-state index contributed by atoms with van der Waals surface area (Å²) in [5, 5.41) is 0. The summed E-state index contributed by atoms with van der Waals surface area (Å²) < 4.78 is 30.1. The molecule has 11 nitrogen and oxygen atoms in total. The molecule has 4 aliphatic carbocycles. The first-order chi connectivity index (χ1) is 24.3. The maximum atomic E-state index is 14.4. The molecular formula is C39H54N6O5S. The van der Waals surface area contributed by atoms with E-state index in [1.165, 1.54) is 31.8 Å². The van der Waals surface area contributed by atoms with E-state index in [4.69, 9.17) is 14.2 Å². The Kier molecular flexibility index (Phi) is 8.88. The van der Waals surface area contributed by atoms with Crippen LogP contribution in [0.25, 0.3) is 0 Å². The number of aromatic nitrogens is 2. The maximum absolute atomic E-state index is 14.4. The van der Waals surface area contributed by atoms with Gasteiger partial charge in [-0.15, -0.1) is 0 Å². The number of hydrogen-bond acceptors (Lipinski definition) is 11. The molecule has 0 unspecified atom stereocenters. The minimum Gasteiger partial charge on any atom is -0.386 e. The summed E-state index contributed by atoms with van der Waals surface area (Å²) in [5.41, 5.74) is 1.15. The molecule has 0 aromatic carbocycles. The maximum Gasteiger partial charge on any atom is 0.305 e. The molecule has 0 radical (unpaired) electrons. The lowest BCUT2D eigenvalue weighted by molar-refractivity contribution is -0.129. The molecule has 6 atom stereocenters. The number of hydrogen-bond donors (Lipinski definition) is 0. The summed E-state index contributed by atoms with van der Waals surface area (Å²) in [6, 6.07) is 2.18. The lowest BCUT2D eigenvalue weighted by Crippen LogP contribution is -2.51. The van der Waals surface area contributed by atoms with Gasteiger partial charge in [-0.1, -0.05) is 25.5 Å². The van der Waals surface area contributed by atoms with Crippen LogP contribution >= 0.6 is 0 Å². The topological polar surface area (TPSA) is 116 Å². The van der Waals surface area contributed by atoms with Crippen molar-refractivity contribution in [1.82, 2.24) is 14.9 Å². The van der Waals surface area contributed by atoms with Gasteiger partial charge in [0.25, 0.3) is 0 Å². The molecule has 51 heavy (non-hydrogen) atoms. The number of ketones is 2. The number of rotatable bonds is 8. The predicted molar refractivity (Wildman–Crippen MR) is 198 cm³/mol. The molecule has 0 amide bonds. The highest BCUT2D eigenvalue weighted by atomic mass is 32.2. The number of Topliss-reactive ketones (excluding diaryl/α,β-unsaturated/α-hetero) is 1. The Balaban J connectivity index is 0.965. The van der Waals surface area contributed by atoms with Crippen LogP contribution in [0.2, 0.25) is 0 Å². The highest BCUT2D eigenvalue weighted by Gasteiger charge is 2.60. The van der Waals surface area contributed by atoms with Crippen molar-refractivity contribution in [2.75, 3.05) is 79.9 Å². The van der Waals surface area contributed by atoms with Crippen molar-refractivity contribution in [3.05, 3.63) is 41.2 Å². The van der Waals surface area contributed by atoms with Gasteiger partial charge in [0.1, 0.15) is 17.4 Å². The average molecular weight is 719 g/mol. The van der Waals surface area contributed by atoms with Gasteiger partial charge in [-0.2, -0.15) is 18.4 Å². The number of nitrogens with zero attached hydrogens (tertiary/aromatic N) is 6. The Hall–Kier alpha value is -3.25. The Morgan fingerprint density at radius 2 is 1.55 bits per heavy atom. The van der Waals surface area contributed by atoms with Crippen molar-refractivity contribution in [2.24, 2.45) is 34.5 Å². The molecule has 276 valence electrons. The van der Waals surface area contributed by atoms with Crippen LogP contribution in [0.5, 0.6) is 0 Å². The molecule has 4 heterocycles. The molecule has 3 saturated heterocycles. The zero-order chi connectivity index (χ0) is 35.7. The van der Waals surface area contributed by atoms with Gasteiger partial charge in [0.15, 0.2) is 11.6 Å². The van der Waals surface area contributed by atoms with Crippen LogP contribution in [0.3, 0.4) is 0 Å². The molecule has 2 saturated carbocycles. The van der Waals surface area contributed by atoms with Crippen molar-refractivity contribution in [1.29, 1.82) is 0 Å². The van der Waals surface area contributed by atoms with E-state index in [2.05, 4.69) is 45.6 Å². The highest BCUT2D eigenvalue weighted by molar-refractivity contribution is 7.86. The van der Waals surface area contributed by atoms with E-state index in [0.29, 0.717) is 24.7 Å². The number of carbonyl (C=O) groups excluding carboxylic acids is 2. The molecule has 3 aliphatic heterocycles. The molecule has 0 N–H and O–H groups in total. The van der Waals surface area contributed by atoms with Crippen LogP contribution in [0.15, 0.2) is 41.2 Å². The van der Waals surface area contributed by atoms with Gasteiger partial charge in [0, 0.05) is 70.4 Å². The zero-order valence-electron chi connectivity index (χ0n) is 30.8. The number of carbonyl (C=O) groups is 2. The zero-order valence-corrected chi connectivity index (χ0v) is 31.6. The van der Waals surface area contributed by atoms with Crippen molar-refractivity contribution in [3.63, 3.8) is 0 Å². The summed E-state index contributed by atoms with van der Waals surface area (Å²) in [4.78, 5) is 46.5. The first-order valence-corrected chi connectivity index (χ1v) is 21.1. The van der Waals surface area contributed by atoms with Gasteiger partial charge in [0.05, 0.1) is 18.2 Å². The lowest BCUT2D eigenvalue weighted by Gasteiger charge is -2.53. The molecule has 0 bridgehead atoms. The van der Waals surface area contributed by atoms with Crippen LogP contribution < -0.4 is 14.7 Å². The SMILES string of the molecule is C[C@@H]1C[C@H]2[C@@H]3CCC4=CC(=O)C=C(OS(C)(=O)=O)[C@]4(C)C3=CC[C@]2(C)[C@H]1C(=O)CN1CCN(c2cc(N3CCCC3)nc(N3CCCC3)n2)CC1. The van der Waals surface area contributed by atoms with Gasteiger partial charge in [-0.25, -0.2) is 0 Å². The van der Waals surface area contributed by atoms with Crippen LogP contribution in [0.4, 0.5) is 17.6 Å². The molecule has 12 heteroatoms. The lowest BCUT2D eigenvalue weighted by atomic mass is 9.51. The summed E-state index contributed by atoms with van der Waals surface area (Å²) in [6.45, 7) is 14.5. The second-order valence-corrected chi connectivity index (χ2v) is 18.4. The van der Waals surface area contributed by atoms with Gasteiger partial charge in [0.2, 0.25) is 5.95 Å². The second-order valence-electron chi connectivity index (χ2n) is 16.8. The number of piperazine rings is 1. The minimum atomic E-state index is -3.81. The second kappa shape index (κ2) is 13.0. The monoisotopic (exact) mass is 718 g/mol. The van der Waals surface area contributed by atoms with Crippen LogP contribution in [-0.4, -0.2) is 100 Å². The summed E-state index contributed by atoms with van der Waals surface area (Å²) >= 11 is 0. The Morgan fingerprint density at radius 1 is 0.922 bits per heavy atom. The van der Waals surface area contributed by atoms with Crippen LogP contribution in [0, 0.1) is 34.5 Å². The molecule has 1 aromatic heterocycles. The van der Waals surface area contributed by atoms with Crippen LogP contribution in [0.1, 0.15) is 72.1 Å². The predicted octanol–water partition coefficient (Wildman–Crippen LogP) is 4.76. The Morgan fingerprint density at radius 3 is 2.20 bits per heavy atom. The highest BCUT2D eigenvalue weighted by Crippen LogP contribution is 2.66. The van der Waals surface area contributed by atoms with Crippen molar-refractivity contribution in [3.8, 4) is 0 Å². The normalized spacial score (nSPS) is 34.1. The third-order valence-electron chi connectivity index (χ3n) is 13.6. The van der Waals surface area contributed by atoms with Crippen LogP contribution in [-0.2, 0) is 23.9 Å². The number of allylic oxidation sites excluding steroid dienone is 4. The van der Waals surface area contributed by atoms with E-state index in [1.54, 1.807) is 6.08 Å². The summed E-state index contributed by atoms with van der Waals surface area (Å²) in [6.07, 6.45) is 14.5. The fraction of sp³-hybridized carbons (Fsp3) is 0.692. The average Bonchev–Trinajstić information content (AvgIpc) is 3.86. The summed E-state index contributed by atoms with van der Waals surface area (Å²) in [7, 11) is -3.81. The quantitative estimate of drug-likeness (QED) is 0.274.